The Balaban J connectivity index is 3.15. The first-order valence-corrected chi connectivity index (χ1v) is 14.3. The van der Waals surface area contributed by atoms with Crippen LogP contribution in [0.3, 0.4) is 0 Å². The molecule has 0 radical (unpaired) electrons. The molecule has 0 aliphatic rings. The lowest BCUT2D eigenvalue weighted by atomic mass is 10.0. The van der Waals surface area contributed by atoms with Gasteiger partial charge in [0.25, 0.3) is 0 Å². The maximum absolute atomic E-state index is 3.63. The van der Waals surface area contributed by atoms with E-state index >= 15 is 0 Å². The van der Waals surface area contributed by atoms with Gasteiger partial charge in [0.1, 0.15) is 0 Å². The molecular formula is C28H61N3. The van der Waals surface area contributed by atoms with Gasteiger partial charge in [-0.05, 0) is 40.0 Å². The first kappa shape index (κ1) is 30.9. The first-order chi connectivity index (χ1) is 15.2. The van der Waals surface area contributed by atoms with E-state index in [9.17, 15) is 0 Å². The van der Waals surface area contributed by atoms with Crippen molar-refractivity contribution in [3.8, 4) is 0 Å². The fraction of sp³-hybridized carbons (Fsp3) is 1.00. The zero-order valence-electron chi connectivity index (χ0n) is 22.4. The monoisotopic (exact) mass is 439 g/mol. The minimum absolute atomic E-state index is 1.13. The normalized spacial score (nSPS) is 11.8. The van der Waals surface area contributed by atoms with E-state index in [1.165, 1.54) is 148 Å². The number of hydrogen-bond donors (Lipinski definition) is 1. The van der Waals surface area contributed by atoms with Gasteiger partial charge >= 0.3 is 0 Å². The summed E-state index contributed by atoms with van der Waals surface area (Å²) in [6, 6.07) is 0. The van der Waals surface area contributed by atoms with E-state index in [1.54, 1.807) is 0 Å². The minimum atomic E-state index is 1.13. The Morgan fingerprint density at radius 2 is 0.774 bits per heavy atom. The second-order valence-electron chi connectivity index (χ2n) is 10.0. The van der Waals surface area contributed by atoms with Gasteiger partial charge in [0.2, 0.25) is 0 Å². The van der Waals surface area contributed by atoms with Crippen molar-refractivity contribution in [3.05, 3.63) is 0 Å². The Kier molecular flexibility index (Phi) is 26.0. The molecule has 0 aromatic rings. The molecule has 31 heavy (non-hydrogen) atoms. The second-order valence-corrected chi connectivity index (χ2v) is 10.0. The molecule has 0 fully saturated rings. The summed E-state index contributed by atoms with van der Waals surface area (Å²) in [6.07, 6.45) is 25.8. The van der Waals surface area contributed by atoms with Crippen LogP contribution in [0.25, 0.3) is 0 Å². The molecule has 0 saturated carbocycles. The highest BCUT2D eigenvalue weighted by molar-refractivity contribution is 4.59. The summed E-state index contributed by atoms with van der Waals surface area (Å²) >= 11 is 0. The topological polar surface area (TPSA) is 18.5 Å². The summed E-state index contributed by atoms with van der Waals surface area (Å²) in [7, 11) is 4.50. The smallest absolute Gasteiger partial charge is 0.0107 e. The number of nitrogens with zero attached hydrogens (tertiary/aromatic N) is 2. The molecule has 3 heteroatoms. The molecule has 0 spiro atoms. The van der Waals surface area contributed by atoms with Crippen molar-refractivity contribution in [1.29, 1.82) is 0 Å². The third-order valence-electron chi connectivity index (χ3n) is 6.63. The van der Waals surface area contributed by atoms with Crippen LogP contribution in [0, 0.1) is 0 Å². The fourth-order valence-electron chi connectivity index (χ4n) is 4.19. The highest BCUT2D eigenvalue weighted by Crippen LogP contribution is 2.13. The summed E-state index contributed by atoms with van der Waals surface area (Å²) in [5, 5.41) is 3.63. The summed E-state index contributed by atoms with van der Waals surface area (Å²) in [5.74, 6) is 0. The second kappa shape index (κ2) is 26.1. The maximum Gasteiger partial charge on any atom is 0.0107 e. The average Bonchev–Trinajstić information content (AvgIpc) is 2.77. The minimum Gasteiger partial charge on any atom is -0.315 e. The third kappa shape index (κ3) is 26.0. The van der Waals surface area contributed by atoms with E-state index in [1.807, 2.05) is 0 Å². The Hall–Kier alpha value is -0.120. The van der Waals surface area contributed by atoms with Crippen LogP contribution in [0.15, 0.2) is 0 Å². The maximum atomic E-state index is 3.63. The van der Waals surface area contributed by atoms with Gasteiger partial charge in [-0.3, -0.25) is 0 Å². The molecule has 0 aliphatic heterocycles. The predicted molar refractivity (Wildman–Crippen MR) is 142 cm³/mol. The van der Waals surface area contributed by atoms with Crippen LogP contribution in [0.4, 0.5) is 0 Å². The zero-order valence-corrected chi connectivity index (χ0v) is 22.4. The van der Waals surface area contributed by atoms with Crippen LogP contribution >= 0.6 is 0 Å². The molecule has 1 N–H and O–H groups in total. The predicted octanol–water partition coefficient (Wildman–Crippen LogP) is 7.50. The van der Waals surface area contributed by atoms with Crippen LogP contribution < -0.4 is 5.32 Å². The van der Waals surface area contributed by atoms with Crippen LogP contribution in [0.1, 0.15) is 129 Å². The Labute approximate surface area is 198 Å². The lowest BCUT2D eigenvalue weighted by Crippen LogP contribution is -2.35. The van der Waals surface area contributed by atoms with Crippen LogP contribution in [0.5, 0.6) is 0 Å². The molecule has 0 atom stereocenters. The number of nitrogens with one attached hydrogen (secondary N) is 1. The average molecular weight is 440 g/mol. The molecule has 0 aromatic heterocycles. The molecule has 0 aliphatic carbocycles. The first-order valence-electron chi connectivity index (χ1n) is 14.3. The van der Waals surface area contributed by atoms with Crippen molar-refractivity contribution in [3.63, 3.8) is 0 Å². The highest BCUT2D eigenvalue weighted by Gasteiger charge is 2.01. The van der Waals surface area contributed by atoms with Crippen molar-refractivity contribution in [2.24, 2.45) is 0 Å². The van der Waals surface area contributed by atoms with Crippen molar-refractivity contribution in [2.75, 3.05) is 53.4 Å². The lowest BCUT2D eigenvalue weighted by Gasteiger charge is -2.22. The molecule has 0 amide bonds. The van der Waals surface area contributed by atoms with Gasteiger partial charge in [-0.15, -0.1) is 0 Å². The van der Waals surface area contributed by atoms with Gasteiger partial charge in [0.15, 0.2) is 0 Å². The summed E-state index contributed by atoms with van der Waals surface area (Å²) in [6.45, 7) is 11.7. The molecule has 0 aromatic carbocycles. The van der Waals surface area contributed by atoms with Crippen molar-refractivity contribution < 1.29 is 0 Å². The molecule has 0 saturated heterocycles. The molecule has 188 valence electrons. The van der Waals surface area contributed by atoms with Gasteiger partial charge in [0.05, 0.1) is 0 Å². The standard InChI is InChI=1S/C28H61N3/c1-5-7-9-10-11-12-13-14-15-16-17-18-19-20-21-22-23-29-24-26-31(4)28-27-30(3)25-8-6-2/h29H,5-28H2,1-4H3. The van der Waals surface area contributed by atoms with Crippen molar-refractivity contribution in [2.45, 2.75) is 129 Å². The molecule has 0 heterocycles. The zero-order chi connectivity index (χ0) is 22.8. The van der Waals surface area contributed by atoms with Crippen LogP contribution in [-0.4, -0.2) is 63.2 Å². The Bertz CT molecular complexity index is 321. The van der Waals surface area contributed by atoms with E-state index < -0.39 is 0 Å². The van der Waals surface area contributed by atoms with E-state index in [0.29, 0.717) is 0 Å². The molecule has 0 rings (SSSR count). The largest absolute Gasteiger partial charge is 0.315 e. The molecule has 0 bridgehead atoms. The van der Waals surface area contributed by atoms with Gasteiger partial charge in [-0.1, -0.05) is 117 Å². The molecule has 0 unspecified atom stereocenters. The SMILES string of the molecule is CCCCCCCCCCCCCCCCCCNCCN(C)CCN(C)CCCC. The summed E-state index contributed by atoms with van der Waals surface area (Å²) in [4.78, 5) is 4.92. The lowest BCUT2D eigenvalue weighted by molar-refractivity contribution is 0.254. The van der Waals surface area contributed by atoms with E-state index in [-0.39, 0.29) is 0 Å². The number of rotatable bonds is 26. The summed E-state index contributed by atoms with van der Waals surface area (Å²) in [5.41, 5.74) is 0. The number of likely N-dealkylation sites (N-methyl/N-ethyl adjacent to an activating group) is 2. The van der Waals surface area contributed by atoms with Crippen LogP contribution in [0.2, 0.25) is 0 Å². The van der Waals surface area contributed by atoms with Crippen molar-refractivity contribution >= 4 is 0 Å². The number of unbranched alkanes of at least 4 members (excludes halogenated alkanes) is 16. The molecule has 3 nitrogen and oxygen atoms in total. The quantitative estimate of drug-likeness (QED) is 0.141. The van der Waals surface area contributed by atoms with Gasteiger partial charge in [0, 0.05) is 26.2 Å². The van der Waals surface area contributed by atoms with Gasteiger partial charge < -0.3 is 15.1 Å². The van der Waals surface area contributed by atoms with E-state index in [2.05, 4.69) is 43.1 Å². The van der Waals surface area contributed by atoms with Gasteiger partial charge in [-0.25, -0.2) is 0 Å². The van der Waals surface area contributed by atoms with E-state index in [0.717, 1.165) is 6.54 Å². The highest BCUT2D eigenvalue weighted by atomic mass is 15.2. The summed E-state index contributed by atoms with van der Waals surface area (Å²) < 4.78 is 0. The van der Waals surface area contributed by atoms with Crippen LogP contribution in [-0.2, 0) is 0 Å². The molecular weight excluding hydrogens is 378 g/mol. The van der Waals surface area contributed by atoms with Crippen molar-refractivity contribution in [1.82, 2.24) is 15.1 Å². The third-order valence-corrected chi connectivity index (χ3v) is 6.63. The Morgan fingerprint density at radius 1 is 0.387 bits per heavy atom. The van der Waals surface area contributed by atoms with E-state index in [4.69, 9.17) is 0 Å². The fourth-order valence-corrected chi connectivity index (χ4v) is 4.19. The van der Waals surface area contributed by atoms with Gasteiger partial charge in [-0.2, -0.15) is 0 Å². The number of hydrogen-bond acceptors (Lipinski definition) is 3. The Morgan fingerprint density at radius 3 is 1.23 bits per heavy atom.